The van der Waals surface area contributed by atoms with Crippen molar-refractivity contribution in [3.05, 3.63) is 76.9 Å². The van der Waals surface area contributed by atoms with Crippen LogP contribution in [0.4, 0.5) is 13.2 Å². The lowest BCUT2D eigenvalue weighted by atomic mass is 9.94. The molecular formula is C19H19F3. The molecule has 0 heterocycles. The standard InChI is InChI=1S/C19H19F3/c1-3-7-18(15-9-5-8-14(4-2)12-15)16-10-6-11-17(13-16)19(20,21)22/h5-13H,3-4H2,1-2H3/b18-7-. The van der Waals surface area contributed by atoms with Gasteiger partial charge in [-0.25, -0.2) is 0 Å². The highest BCUT2D eigenvalue weighted by Crippen LogP contribution is 2.33. The van der Waals surface area contributed by atoms with Gasteiger partial charge in [0.2, 0.25) is 0 Å². The van der Waals surface area contributed by atoms with Crippen molar-refractivity contribution in [3.8, 4) is 0 Å². The molecule has 0 aliphatic carbocycles. The van der Waals surface area contributed by atoms with E-state index in [2.05, 4.69) is 6.92 Å². The number of rotatable bonds is 4. The summed E-state index contributed by atoms with van der Waals surface area (Å²) >= 11 is 0. The maximum absolute atomic E-state index is 12.9. The van der Waals surface area contributed by atoms with E-state index < -0.39 is 11.7 Å². The highest BCUT2D eigenvalue weighted by molar-refractivity contribution is 5.80. The Hall–Kier alpha value is -2.03. The predicted molar refractivity (Wildman–Crippen MR) is 84.6 cm³/mol. The summed E-state index contributed by atoms with van der Waals surface area (Å²) in [5, 5.41) is 0. The molecule has 0 atom stereocenters. The number of alkyl halides is 3. The number of halogens is 3. The second kappa shape index (κ2) is 6.82. The van der Waals surface area contributed by atoms with Gasteiger partial charge in [0.15, 0.2) is 0 Å². The summed E-state index contributed by atoms with van der Waals surface area (Å²) in [5.41, 5.74) is 2.97. The van der Waals surface area contributed by atoms with Crippen molar-refractivity contribution in [1.82, 2.24) is 0 Å². The molecule has 2 aromatic rings. The van der Waals surface area contributed by atoms with Gasteiger partial charge in [-0.05, 0) is 47.2 Å². The lowest BCUT2D eigenvalue weighted by molar-refractivity contribution is -0.137. The molecule has 0 aliphatic rings. The maximum Gasteiger partial charge on any atom is 0.416 e. The summed E-state index contributed by atoms with van der Waals surface area (Å²) in [6.45, 7) is 4.05. The Balaban J connectivity index is 2.51. The first kappa shape index (κ1) is 16.3. The molecule has 0 fully saturated rings. The van der Waals surface area contributed by atoms with Crippen molar-refractivity contribution in [3.63, 3.8) is 0 Å². The average molecular weight is 304 g/mol. The first-order valence-corrected chi connectivity index (χ1v) is 7.42. The molecule has 22 heavy (non-hydrogen) atoms. The lowest BCUT2D eigenvalue weighted by Crippen LogP contribution is -2.05. The van der Waals surface area contributed by atoms with Crippen molar-refractivity contribution < 1.29 is 13.2 Å². The SMILES string of the molecule is CC/C=C(/c1cccc(CC)c1)c1cccc(C(F)(F)F)c1. The van der Waals surface area contributed by atoms with Gasteiger partial charge in [0.05, 0.1) is 5.56 Å². The van der Waals surface area contributed by atoms with Crippen molar-refractivity contribution in [2.24, 2.45) is 0 Å². The number of benzene rings is 2. The van der Waals surface area contributed by atoms with Crippen molar-refractivity contribution >= 4 is 5.57 Å². The first-order valence-electron chi connectivity index (χ1n) is 7.42. The quantitative estimate of drug-likeness (QED) is 0.639. The van der Waals surface area contributed by atoms with E-state index in [0.717, 1.165) is 30.0 Å². The summed E-state index contributed by atoms with van der Waals surface area (Å²) in [6.07, 6.45) is -0.680. The summed E-state index contributed by atoms with van der Waals surface area (Å²) < 4.78 is 38.8. The Bertz CT molecular complexity index is 666. The van der Waals surface area contributed by atoms with Gasteiger partial charge >= 0.3 is 6.18 Å². The van der Waals surface area contributed by atoms with Crippen LogP contribution in [0.25, 0.3) is 5.57 Å². The highest BCUT2D eigenvalue weighted by Gasteiger charge is 2.30. The fourth-order valence-electron chi connectivity index (χ4n) is 2.43. The first-order chi connectivity index (χ1) is 10.5. The van der Waals surface area contributed by atoms with Gasteiger partial charge in [0.1, 0.15) is 0 Å². The van der Waals surface area contributed by atoms with Crippen LogP contribution < -0.4 is 0 Å². The third kappa shape index (κ3) is 3.79. The number of allylic oxidation sites excluding steroid dienone is 1. The molecule has 0 nitrogen and oxygen atoms in total. The molecule has 0 aromatic heterocycles. The minimum atomic E-state index is -4.32. The third-order valence-corrected chi connectivity index (χ3v) is 3.56. The van der Waals surface area contributed by atoms with Crippen LogP contribution in [0.5, 0.6) is 0 Å². The highest BCUT2D eigenvalue weighted by atomic mass is 19.4. The second-order valence-corrected chi connectivity index (χ2v) is 5.16. The van der Waals surface area contributed by atoms with Crippen molar-refractivity contribution in [2.45, 2.75) is 32.9 Å². The van der Waals surface area contributed by atoms with Crippen LogP contribution in [0.1, 0.15) is 42.5 Å². The van der Waals surface area contributed by atoms with E-state index in [4.69, 9.17) is 0 Å². The van der Waals surface area contributed by atoms with Crippen molar-refractivity contribution in [1.29, 1.82) is 0 Å². The molecule has 0 saturated carbocycles. The topological polar surface area (TPSA) is 0 Å². The molecule has 3 heteroatoms. The van der Waals surface area contributed by atoms with Gasteiger partial charge in [-0.3, -0.25) is 0 Å². The summed E-state index contributed by atoms with van der Waals surface area (Å²) in [5.74, 6) is 0. The van der Waals surface area contributed by atoms with Crippen molar-refractivity contribution in [2.75, 3.05) is 0 Å². The minimum absolute atomic E-state index is 0.602. The molecule has 0 bridgehead atoms. The lowest BCUT2D eigenvalue weighted by Gasteiger charge is -2.13. The van der Waals surface area contributed by atoms with Crippen LogP contribution >= 0.6 is 0 Å². The second-order valence-electron chi connectivity index (χ2n) is 5.16. The van der Waals surface area contributed by atoms with Crippen LogP contribution in [0.15, 0.2) is 54.6 Å². The summed E-state index contributed by atoms with van der Waals surface area (Å²) in [6, 6.07) is 13.5. The monoisotopic (exact) mass is 304 g/mol. The Morgan fingerprint density at radius 1 is 0.955 bits per heavy atom. The molecule has 0 unspecified atom stereocenters. The van der Waals surface area contributed by atoms with Gasteiger partial charge in [0.25, 0.3) is 0 Å². The summed E-state index contributed by atoms with van der Waals surface area (Å²) in [7, 11) is 0. The number of hydrogen-bond donors (Lipinski definition) is 0. The van der Waals surface area contributed by atoms with Crippen LogP contribution in [0.2, 0.25) is 0 Å². The summed E-state index contributed by atoms with van der Waals surface area (Å²) in [4.78, 5) is 0. The number of hydrogen-bond acceptors (Lipinski definition) is 0. The van der Waals surface area contributed by atoms with Gasteiger partial charge in [-0.15, -0.1) is 0 Å². The zero-order chi connectivity index (χ0) is 16.2. The van der Waals surface area contributed by atoms with Gasteiger partial charge in [-0.2, -0.15) is 13.2 Å². The Kier molecular flexibility index (Phi) is 5.07. The van der Waals surface area contributed by atoms with Gasteiger partial charge < -0.3 is 0 Å². The molecule has 0 spiro atoms. The maximum atomic E-state index is 12.9. The molecule has 0 aliphatic heterocycles. The van der Waals surface area contributed by atoms with E-state index in [1.165, 1.54) is 17.7 Å². The average Bonchev–Trinajstić information content (AvgIpc) is 2.52. The predicted octanol–water partition coefficient (Wildman–Crippen LogP) is 6.11. The fourth-order valence-corrected chi connectivity index (χ4v) is 2.43. The minimum Gasteiger partial charge on any atom is -0.166 e. The Labute approximate surface area is 129 Å². The molecule has 0 N–H and O–H groups in total. The largest absolute Gasteiger partial charge is 0.416 e. The molecule has 2 aromatic carbocycles. The molecule has 0 saturated heterocycles. The normalized spacial score (nSPS) is 12.5. The Morgan fingerprint density at radius 3 is 2.18 bits per heavy atom. The fraction of sp³-hybridized carbons (Fsp3) is 0.263. The van der Waals surface area contributed by atoms with E-state index in [0.29, 0.717) is 5.56 Å². The number of aryl methyl sites for hydroxylation is 1. The van der Waals surface area contributed by atoms with Gasteiger partial charge in [-0.1, -0.05) is 56.3 Å². The van der Waals surface area contributed by atoms with Gasteiger partial charge in [0, 0.05) is 0 Å². The van der Waals surface area contributed by atoms with E-state index in [9.17, 15) is 13.2 Å². The van der Waals surface area contributed by atoms with Crippen LogP contribution in [-0.2, 0) is 12.6 Å². The molecule has 0 amide bonds. The zero-order valence-electron chi connectivity index (χ0n) is 12.7. The third-order valence-electron chi connectivity index (χ3n) is 3.56. The smallest absolute Gasteiger partial charge is 0.166 e. The molecule has 2 rings (SSSR count). The van der Waals surface area contributed by atoms with Crippen LogP contribution in [-0.4, -0.2) is 0 Å². The zero-order valence-corrected chi connectivity index (χ0v) is 12.7. The molecular weight excluding hydrogens is 285 g/mol. The Morgan fingerprint density at radius 2 is 1.59 bits per heavy atom. The molecule has 116 valence electrons. The van der Waals surface area contributed by atoms with E-state index >= 15 is 0 Å². The van der Waals surface area contributed by atoms with Crippen LogP contribution in [0, 0.1) is 0 Å². The molecule has 0 radical (unpaired) electrons. The van der Waals surface area contributed by atoms with Crippen LogP contribution in [0.3, 0.4) is 0 Å². The van der Waals surface area contributed by atoms with E-state index in [1.54, 1.807) is 6.07 Å². The van der Waals surface area contributed by atoms with E-state index in [1.807, 2.05) is 37.3 Å². The van der Waals surface area contributed by atoms with E-state index in [-0.39, 0.29) is 0 Å².